The van der Waals surface area contributed by atoms with Gasteiger partial charge in [-0.1, -0.05) is 0 Å². The molecule has 0 aromatic rings. The average molecular weight is 202 g/mol. The van der Waals surface area contributed by atoms with Gasteiger partial charge in [0.15, 0.2) is 5.83 Å². The Labute approximate surface area is 82.3 Å². The highest BCUT2D eigenvalue weighted by Gasteiger charge is 2.11. The van der Waals surface area contributed by atoms with Crippen molar-refractivity contribution in [1.29, 1.82) is 0 Å². The number of hydrogen-bond donors (Lipinski definition) is 2. The molecular formula is C9H15FN2O2. The largest absolute Gasteiger partial charge is 0.398 e. The first-order chi connectivity index (χ1) is 6.74. The van der Waals surface area contributed by atoms with Crippen molar-refractivity contribution >= 4 is 6.21 Å². The van der Waals surface area contributed by atoms with Gasteiger partial charge in [-0.15, -0.1) is 0 Å². The van der Waals surface area contributed by atoms with Crippen LogP contribution < -0.4 is 5.73 Å². The highest BCUT2D eigenvalue weighted by molar-refractivity contribution is 5.76. The molecular weight excluding hydrogens is 187 g/mol. The molecule has 14 heavy (non-hydrogen) atoms. The third-order valence-corrected chi connectivity index (χ3v) is 1.99. The summed E-state index contributed by atoms with van der Waals surface area (Å²) in [6.45, 7) is 0.173. The van der Waals surface area contributed by atoms with Gasteiger partial charge in [-0.3, -0.25) is 4.99 Å². The standard InChI is InChI=1S/C9H15FN2O2/c10-7(8(11)6-13)5-12-9-3-1-2-4-14-9/h5,9,13H,1-4,6,11H2. The number of aliphatic imine (C=N–C) groups is 1. The summed E-state index contributed by atoms with van der Waals surface area (Å²) in [5.74, 6) is -0.693. The van der Waals surface area contributed by atoms with Crippen LogP contribution in [0.3, 0.4) is 0 Å². The van der Waals surface area contributed by atoms with E-state index in [1.165, 1.54) is 0 Å². The van der Waals surface area contributed by atoms with Gasteiger partial charge >= 0.3 is 0 Å². The van der Waals surface area contributed by atoms with Crippen molar-refractivity contribution in [2.75, 3.05) is 13.2 Å². The normalized spacial score (nSPS) is 25.1. The fraction of sp³-hybridized carbons (Fsp3) is 0.667. The van der Waals surface area contributed by atoms with Crippen LogP contribution in [0.5, 0.6) is 0 Å². The third kappa shape index (κ3) is 3.43. The molecule has 0 aromatic heterocycles. The first kappa shape index (κ1) is 11.1. The summed E-state index contributed by atoms with van der Waals surface area (Å²) in [7, 11) is 0. The first-order valence-electron chi connectivity index (χ1n) is 4.64. The van der Waals surface area contributed by atoms with E-state index in [0.29, 0.717) is 6.61 Å². The van der Waals surface area contributed by atoms with Crippen molar-refractivity contribution in [2.24, 2.45) is 10.7 Å². The highest BCUT2D eigenvalue weighted by atomic mass is 19.1. The van der Waals surface area contributed by atoms with Gasteiger partial charge in [-0.25, -0.2) is 4.39 Å². The van der Waals surface area contributed by atoms with Crippen LogP contribution in [-0.2, 0) is 4.74 Å². The molecule has 0 aromatic carbocycles. The van der Waals surface area contributed by atoms with Gasteiger partial charge in [-0.2, -0.15) is 0 Å². The third-order valence-electron chi connectivity index (χ3n) is 1.99. The van der Waals surface area contributed by atoms with Crippen molar-refractivity contribution in [3.63, 3.8) is 0 Å². The molecule has 0 saturated carbocycles. The molecule has 4 nitrogen and oxygen atoms in total. The van der Waals surface area contributed by atoms with Crippen LogP contribution in [0.1, 0.15) is 19.3 Å². The molecule has 1 fully saturated rings. The Kier molecular flexibility index (Phi) is 4.55. The number of hydrogen-bond acceptors (Lipinski definition) is 4. The lowest BCUT2D eigenvalue weighted by Gasteiger charge is -2.18. The number of aliphatic hydroxyl groups excluding tert-OH is 1. The van der Waals surface area contributed by atoms with Crippen LogP contribution in [0.15, 0.2) is 16.5 Å². The maximum absolute atomic E-state index is 12.9. The molecule has 1 unspecified atom stereocenters. The molecule has 1 aliphatic heterocycles. The monoisotopic (exact) mass is 202 g/mol. The minimum absolute atomic E-state index is 0.204. The van der Waals surface area contributed by atoms with E-state index in [0.717, 1.165) is 25.5 Å². The minimum Gasteiger partial charge on any atom is -0.398 e. The molecule has 1 atom stereocenters. The predicted octanol–water partition coefficient (Wildman–Crippen LogP) is 0.716. The molecule has 0 spiro atoms. The zero-order chi connectivity index (χ0) is 10.4. The number of aliphatic hydroxyl groups is 1. The molecule has 80 valence electrons. The smallest absolute Gasteiger partial charge is 0.162 e. The zero-order valence-electron chi connectivity index (χ0n) is 7.95. The lowest BCUT2D eigenvalue weighted by atomic mass is 10.2. The molecule has 3 N–H and O–H groups in total. The quantitative estimate of drug-likeness (QED) is 0.662. The van der Waals surface area contributed by atoms with Crippen molar-refractivity contribution in [3.05, 3.63) is 11.5 Å². The lowest BCUT2D eigenvalue weighted by Crippen LogP contribution is -2.17. The van der Waals surface area contributed by atoms with Crippen molar-refractivity contribution in [1.82, 2.24) is 0 Å². The highest BCUT2D eigenvalue weighted by Crippen LogP contribution is 2.13. The number of nitrogens with zero attached hydrogens (tertiary/aromatic N) is 1. The second-order valence-electron chi connectivity index (χ2n) is 3.13. The number of nitrogens with two attached hydrogens (primary N) is 1. The fourth-order valence-corrected chi connectivity index (χ4v) is 1.15. The molecule has 0 bridgehead atoms. The Morgan fingerprint density at radius 3 is 3.00 bits per heavy atom. The molecule has 1 aliphatic rings. The van der Waals surface area contributed by atoms with E-state index in [4.69, 9.17) is 15.6 Å². The van der Waals surface area contributed by atoms with Gasteiger partial charge in [0, 0.05) is 6.61 Å². The number of ether oxygens (including phenoxy) is 1. The molecule has 1 saturated heterocycles. The first-order valence-corrected chi connectivity index (χ1v) is 4.64. The van der Waals surface area contributed by atoms with Gasteiger partial charge in [-0.05, 0) is 19.3 Å². The Balaban J connectivity index is 2.45. The topological polar surface area (TPSA) is 67.8 Å². The Hall–Kier alpha value is -0.940. The van der Waals surface area contributed by atoms with Crippen molar-refractivity contribution in [3.8, 4) is 0 Å². The molecule has 0 aliphatic carbocycles. The average Bonchev–Trinajstić information content (AvgIpc) is 2.26. The van der Waals surface area contributed by atoms with Crippen LogP contribution >= 0.6 is 0 Å². The maximum atomic E-state index is 12.9. The van der Waals surface area contributed by atoms with Gasteiger partial charge in [0.05, 0.1) is 18.5 Å². The van der Waals surface area contributed by atoms with Gasteiger partial charge in [0.1, 0.15) is 6.23 Å². The van der Waals surface area contributed by atoms with Crippen LogP contribution in [-0.4, -0.2) is 30.8 Å². The Morgan fingerprint density at radius 2 is 2.43 bits per heavy atom. The van der Waals surface area contributed by atoms with Crippen LogP contribution in [0.4, 0.5) is 4.39 Å². The predicted molar refractivity (Wildman–Crippen MR) is 51.5 cm³/mol. The summed E-state index contributed by atoms with van der Waals surface area (Å²) >= 11 is 0. The van der Waals surface area contributed by atoms with E-state index in [1.54, 1.807) is 0 Å². The van der Waals surface area contributed by atoms with E-state index < -0.39 is 12.4 Å². The molecule has 0 radical (unpaired) electrons. The minimum atomic E-state index is -0.693. The van der Waals surface area contributed by atoms with Gasteiger partial charge in [0.2, 0.25) is 0 Å². The summed E-state index contributed by atoms with van der Waals surface area (Å²) in [4.78, 5) is 3.88. The Morgan fingerprint density at radius 1 is 1.64 bits per heavy atom. The number of rotatable bonds is 3. The molecule has 0 amide bonds. The summed E-state index contributed by atoms with van der Waals surface area (Å²) in [5.41, 5.74) is 4.95. The van der Waals surface area contributed by atoms with Crippen LogP contribution in [0, 0.1) is 0 Å². The van der Waals surface area contributed by atoms with E-state index in [1.807, 2.05) is 0 Å². The van der Waals surface area contributed by atoms with E-state index >= 15 is 0 Å². The second-order valence-corrected chi connectivity index (χ2v) is 3.13. The second kappa shape index (κ2) is 5.72. The molecule has 1 rings (SSSR count). The van der Waals surface area contributed by atoms with E-state index in [9.17, 15) is 4.39 Å². The fourth-order valence-electron chi connectivity index (χ4n) is 1.15. The van der Waals surface area contributed by atoms with Crippen molar-refractivity contribution in [2.45, 2.75) is 25.5 Å². The van der Waals surface area contributed by atoms with Crippen LogP contribution in [0.2, 0.25) is 0 Å². The zero-order valence-corrected chi connectivity index (χ0v) is 7.95. The molecule has 5 heteroatoms. The maximum Gasteiger partial charge on any atom is 0.162 e. The van der Waals surface area contributed by atoms with Gasteiger partial charge < -0.3 is 15.6 Å². The summed E-state index contributed by atoms with van der Waals surface area (Å²) in [5, 5.41) is 8.53. The SMILES string of the molecule is NC(CO)=C(F)C=NC1CCCCO1. The number of allylic oxidation sites excluding steroid dienone is 1. The van der Waals surface area contributed by atoms with Gasteiger partial charge in [0.25, 0.3) is 0 Å². The van der Waals surface area contributed by atoms with Crippen LogP contribution in [0.25, 0.3) is 0 Å². The molecule has 1 heterocycles. The summed E-state index contributed by atoms with van der Waals surface area (Å²) < 4.78 is 18.2. The van der Waals surface area contributed by atoms with Crippen molar-refractivity contribution < 1.29 is 14.2 Å². The summed E-state index contributed by atoms with van der Waals surface area (Å²) in [6.07, 6.45) is 3.64. The number of halogens is 1. The Bertz CT molecular complexity index is 235. The summed E-state index contributed by atoms with van der Waals surface area (Å²) in [6, 6.07) is 0. The van der Waals surface area contributed by atoms with E-state index in [-0.39, 0.29) is 11.9 Å². The van der Waals surface area contributed by atoms with E-state index in [2.05, 4.69) is 4.99 Å². The lowest BCUT2D eigenvalue weighted by molar-refractivity contribution is 0.0226.